The highest BCUT2D eigenvalue weighted by Gasteiger charge is 2.29. The lowest BCUT2D eigenvalue weighted by atomic mass is 9.95. The number of aliphatic carboxylic acids is 1. The van der Waals surface area contributed by atoms with Gasteiger partial charge in [-0.1, -0.05) is 25.1 Å². The number of imidazole rings is 1. The number of carboxylic acids is 1. The van der Waals surface area contributed by atoms with Crippen LogP contribution in [0.5, 0.6) is 5.75 Å². The summed E-state index contributed by atoms with van der Waals surface area (Å²) in [5, 5.41) is 8.99. The molecule has 4 rings (SSSR count). The highest BCUT2D eigenvalue weighted by atomic mass is 16.5. The number of carbonyl (C=O) groups is 2. The molecule has 3 heterocycles. The quantitative estimate of drug-likeness (QED) is 0.601. The third-order valence-electron chi connectivity index (χ3n) is 6.12. The molecule has 2 atom stereocenters. The molecule has 7 nitrogen and oxygen atoms in total. The number of ether oxygens (including phenoxy) is 1. The van der Waals surface area contributed by atoms with Gasteiger partial charge in [-0.3, -0.25) is 9.59 Å². The van der Waals surface area contributed by atoms with E-state index in [0.29, 0.717) is 13.1 Å². The molecule has 1 aromatic carbocycles. The summed E-state index contributed by atoms with van der Waals surface area (Å²) in [6.45, 7) is 3.12. The second-order valence-electron chi connectivity index (χ2n) is 8.56. The molecule has 2 aromatic heterocycles. The maximum Gasteiger partial charge on any atom is 0.303 e. The number of para-hydroxylation sites is 1. The maximum atomic E-state index is 12.8. The van der Waals surface area contributed by atoms with Crippen LogP contribution in [0.3, 0.4) is 0 Å². The number of carboxylic acid groups (broad SMARTS) is 1. The molecule has 1 aliphatic rings. The lowest BCUT2D eigenvalue weighted by Crippen LogP contribution is -2.40. The van der Waals surface area contributed by atoms with Gasteiger partial charge in [-0.15, -0.1) is 0 Å². The first-order valence-electron chi connectivity index (χ1n) is 11.1. The van der Waals surface area contributed by atoms with E-state index in [2.05, 4.69) is 10.5 Å². The third kappa shape index (κ3) is 4.47. The molecule has 1 saturated heterocycles. The Morgan fingerprint density at radius 2 is 1.97 bits per heavy atom. The number of rotatable bonds is 7. The molecule has 1 aliphatic heterocycles. The summed E-state index contributed by atoms with van der Waals surface area (Å²) in [5.74, 6) is 0.808. The van der Waals surface area contributed by atoms with E-state index < -0.39 is 5.97 Å². The van der Waals surface area contributed by atoms with E-state index >= 15 is 0 Å². The summed E-state index contributed by atoms with van der Waals surface area (Å²) < 4.78 is 7.69. The maximum absolute atomic E-state index is 12.8. The molecule has 32 heavy (non-hydrogen) atoms. The molecule has 1 N–H and O–H groups in total. The molecular weight excluding hydrogens is 406 g/mol. The zero-order valence-electron chi connectivity index (χ0n) is 18.5. The van der Waals surface area contributed by atoms with Crippen molar-refractivity contribution in [2.45, 2.75) is 38.5 Å². The van der Waals surface area contributed by atoms with Gasteiger partial charge < -0.3 is 19.1 Å². The Bertz CT molecular complexity index is 1120. The van der Waals surface area contributed by atoms with Crippen molar-refractivity contribution in [2.75, 3.05) is 20.2 Å². The van der Waals surface area contributed by atoms with E-state index in [4.69, 9.17) is 14.8 Å². The van der Waals surface area contributed by atoms with Gasteiger partial charge in [-0.2, -0.15) is 0 Å². The molecule has 0 radical (unpaired) electrons. The first kappa shape index (κ1) is 21.9. The van der Waals surface area contributed by atoms with Crippen molar-refractivity contribution in [1.29, 1.82) is 0 Å². The molecule has 0 aliphatic carbocycles. The fourth-order valence-electron chi connectivity index (χ4n) is 4.60. The monoisotopic (exact) mass is 435 g/mol. The van der Waals surface area contributed by atoms with Gasteiger partial charge in [0, 0.05) is 43.6 Å². The number of benzene rings is 1. The van der Waals surface area contributed by atoms with Crippen LogP contribution >= 0.6 is 0 Å². The first-order valence-corrected chi connectivity index (χ1v) is 11.1. The second-order valence-corrected chi connectivity index (χ2v) is 8.56. The Labute approximate surface area is 187 Å². The summed E-state index contributed by atoms with van der Waals surface area (Å²) in [5.41, 5.74) is 2.82. The van der Waals surface area contributed by atoms with Gasteiger partial charge in [0.15, 0.2) is 0 Å². The second kappa shape index (κ2) is 9.42. The number of fused-ring (bicyclic) bond motifs is 1. The van der Waals surface area contributed by atoms with Gasteiger partial charge >= 0.3 is 5.97 Å². The predicted molar refractivity (Wildman–Crippen MR) is 122 cm³/mol. The van der Waals surface area contributed by atoms with Crippen molar-refractivity contribution in [3.8, 4) is 17.0 Å². The highest BCUT2D eigenvalue weighted by molar-refractivity contribution is 5.81. The largest absolute Gasteiger partial charge is 0.496 e. The molecule has 1 amide bonds. The zero-order valence-corrected chi connectivity index (χ0v) is 18.5. The van der Waals surface area contributed by atoms with Crippen molar-refractivity contribution >= 4 is 17.4 Å². The number of amides is 1. The minimum absolute atomic E-state index is 0.0101. The summed E-state index contributed by atoms with van der Waals surface area (Å²) in [7, 11) is 1.66. The van der Waals surface area contributed by atoms with Gasteiger partial charge in [0.25, 0.3) is 0 Å². The van der Waals surface area contributed by atoms with Crippen molar-refractivity contribution in [3.05, 3.63) is 54.5 Å². The average Bonchev–Trinajstić information content (AvgIpc) is 3.18. The minimum atomic E-state index is -0.866. The molecule has 3 aromatic rings. The lowest BCUT2D eigenvalue weighted by Gasteiger charge is -2.33. The fourth-order valence-corrected chi connectivity index (χ4v) is 4.60. The number of pyridine rings is 1. The first-order chi connectivity index (χ1) is 15.5. The van der Waals surface area contributed by atoms with E-state index in [9.17, 15) is 9.59 Å². The lowest BCUT2D eigenvalue weighted by molar-refractivity contribution is -0.138. The van der Waals surface area contributed by atoms with Gasteiger partial charge in [0.05, 0.1) is 12.6 Å². The Balaban J connectivity index is 1.62. The molecule has 0 bridgehead atoms. The number of nitrogens with zero attached hydrogens (tertiary/aromatic N) is 3. The molecule has 7 heteroatoms. The summed E-state index contributed by atoms with van der Waals surface area (Å²) >= 11 is 0. The fraction of sp³-hybridized carbons (Fsp3) is 0.400. The van der Waals surface area contributed by atoms with E-state index in [1.807, 2.05) is 54.4 Å². The summed E-state index contributed by atoms with van der Waals surface area (Å²) in [4.78, 5) is 30.7. The van der Waals surface area contributed by atoms with Gasteiger partial charge in [0.1, 0.15) is 17.3 Å². The van der Waals surface area contributed by atoms with Crippen LogP contribution in [0.2, 0.25) is 0 Å². The molecule has 168 valence electrons. The molecule has 1 fully saturated rings. The van der Waals surface area contributed by atoms with E-state index in [0.717, 1.165) is 41.2 Å². The Kier molecular flexibility index (Phi) is 6.44. The van der Waals surface area contributed by atoms with Crippen LogP contribution in [-0.2, 0) is 9.59 Å². The number of methoxy groups -OCH3 is 1. The van der Waals surface area contributed by atoms with Crippen LogP contribution < -0.4 is 4.74 Å². The molecule has 0 saturated carbocycles. The topological polar surface area (TPSA) is 84.1 Å². The number of hydrogen-bond acceptors (Lipinski definition) is 4. The molecule has 0 spiro atoms. The predicted octanol–water partition coefficient (Wildman–Crippen LogP) is 4.22. The SMILES string of the molecule is COc1ccccc1-c1nc(C2CCCN(C(=O)CC(C)CC(=O)O)C2)n2ccccc12. The standard InChI is InChI=1S/C25H29N3O4/c1-17(15-23(30)31)14-22(29)27-12-7-8-18(16-27)25-26-24(20-10-5-6-13-28(20)25)19-9-3-4-11-21(19)32-2/h3-6,9-11,13,17-18H,7-8,12,14-16H2,1-2H3,(H,30,31). The van der Waals surface area contributed by atoms with Crippen LogP contribution in [0.15, 0.2) is 48.7 Å². The van der Waals surface area contributed by atoms with Gasteiger partial charge in [-0.25, -0.2) is 4.98 Å². The van der Waals surface area contributed by atoms with Crippen LogP contribution in [-0.4, -0.2) is 51.5 Å². The van der Waals surface area contributed by atoms with Crippen LogP contribution in [0.4, 0.5) is 0 Å². The number of likely N-dealkylation sites (tertiary alicyclic amines) is 1. The van der Waals surface area contributed by atoms with Crippen molar-refractivity contribution < 1.29 is 19.4 Å². The Hall–Kier alpha value is -3.35. The summed E-state index contributed by atoms with van der Waals surface area (Å²) in [6, 6.07) is 13.9. The van der Waals surface area contributed by atoms with Crippen molar-refractivity contribution in [2.24, 2.45) is 5.92 Å². The number of hydrogen-bond donors (Lipinski definition) is 1. The average molecular weight is 436 g/mol. The number of aromatic nitrogens is 2. The normalized spacial score (nSPS) is 17.3. The molecular formula is C25H29N3O4. The van der Waals surface area contributed by atoms with Crippen molar-refractivity contribution in [1.82, 2.24) is 14.3 Å². The molecule has 2 unspecified atom stereocenters. The number of carbonyl (C=O) groups excluding carboxylic acids is 1. The number of piperidine rings is 1. The van der Waals surface area contributed by atoms with Crippen LogP contribution in [0.25, 0.3) is 16.8 Å². The van der Waals surface area contributed by atoms with Crippen LogP contribution in [0, 0.1) is 5.92 Å². The Morgan fingerprint density at radius 3 is 2.75 bits per heavy atom. The highest BCUT2D eigenvalue weighted by Crippen LogP contribution is 2.36. The summed E-state index contributed by atoms with van der Waals surface area (Å²) in [6.07, 6.45) is 4.14. The zero-order chi connectivity index (χ0) is 22.7. The minimum Gasteiger partial charge on any atom is -0.496 e. The van der Waals surface area contributed by atoms with Gasteiger partial charge in [0.2, 0.25) is 5.91 Å². The van der Waals surface area contributed by atoms with E-state index in [-0.39, 0.29) is 30.6 Å². The third-order valence-corrected chi connectivity index (χ3v) is 6.12. The van der Waals surface area contributed by atoms with E-state index in [1.54, 1.807) is 7.11 Å². The van der Waals surface area contributed by atoms with Crippen molar-refractivity contribution in [3.63, 3.8) is 0 Å². The van der Waals surface area contributed by atoms with E-state index in [1.165, 1.54) is 0 Å². The van der Waals surface area contributed by atoms with Gasteiger partial charge in [-0.05, 0) is 43.0 Å². The Morgan fingerprint density at radius 1 is 1.19 bits per heavy atom. The van der Waals surface area contributed by atoms with Crippen LogP contribution in [0.1, 0.15) is 44.3 Å². The smallest absolute Gasteiger partial charge is 0.303 e.